The highest BCUT2D eigenvalue weighted by Gasteiger charge is 2.42. The van der Waals surface area contributed by atoms with Crippen LogP contribution in [0.4, 0.5) is 13.2 Å². The average molecular weight is 301 g/mol. The van der Waals surface area contributed by atoms with Gasteiger partial charge in [-0.3, -0.25) is 0 Å². The van der Waals surface area contributed by atoms with Crippen LogP contribution in [-0.4, -0.2) is 19.3 Å². The largest absolute Gasteiger partial charge is 0.497 e. The first-order valence-electron chi connectivity index (χ1n) is 7.37. The maximum atomic E-state index is 12.8. The molecule has 2 nitrogen and oxygen atoms in total. The van der Waals surface area contributed by atoms with E-state index in [-0.39, 0.29) is 24.9 Å². The Kier molecular flexibility index (Phi) is 5.14. The summed E-state index contributed by atoms with van der Waals surface area (Å²) in [7, 11) is 1.60. The minimum atomic E-state index is -4.07. The van der Waals surface area contributed by atoms with Crippen molar-refractivity contribution in [3.8, 4) is 5.75 Å². The van der Waals surface area contributed by atoms with Crippen molar-refractivity contribution in [2.45, 2.75) is 50.9 Å². The summed E-state index contributed by atoms with van der Waals surface area (Å²) in [5.74, 6) is -0.403. The van der Waals surface area contributed by atoms with Gasteiger partial charge in [0.05, 0.1) is 13.0 Å². The van der Waals surface area contributed by atoms with Crippen molar-refractivity contribution < 1.29 is 17.9 Å². The van der Waals surface area contributed by atoms with Crippen LogP contribution in [-0.2, 0) is 0 Å². The predicted octanol–water partition coefficient (Wildman–Crippen LogP) is 4.47. The fourth-order valence-corrected chi connectivity index (χ4v) is 3.00. The molecule has 5 heteroatoms. The summed E-state index contributed by atoms with van der Waals surface area (Å²) in [6, 6.07) is 7.57. The first-order chi connectivity index (χ1) is 9.90. The van der Waals surface area contributed by atoms with E-state index in [4.69, 9.17) is 4.74 Å². The standard InChI is InChI=1S/C16H22F3NO/c1-11(12-5-3-8-15(9-12)21-2)20-14-7-4-6-13(10-14)16(17,18)19/h3,5,8-9,11,13-14,20H,4,6-7,10H2,1-2H3. The molecule has 3 unspecified atom stereocenters. The topological polar surface area (TPSA) is 21.3 Å². The van der Waals surface area contributed by atoms with Gasteiger partial charge in [-0.15, -0.1) is 0 Å². The molecular weight excluding hydrogens is 279 g/mol. The highest BCUT2D eigenvalue weighted by atomic mass is 19.4. The Hall–Kier alpha value is -1.23. The van der Waals surface area contributed by atoms with Gasteiger partial charge in [-0.1, -0.05) is 18.6 Å². The molecule has 1 N–H and O–H groups in total. The predicted molar refractivity (Wildman–Crippen MR) is 76.3 cm³/mol. The SMILES string of the molecule is COc1cccc(C(C)NC2CCCC(C(F)(F)F)C2)c1. The Balaban J connectivity index is 1.97. The fourth-order valence-electron chi connectivity index (χ4n) is 3.00. The zero-order chi connectivity index (χ0) is 15.5. The number of hydrogen-bond donors (Lipinski definition) is 1. The van der Waals surface area contributed by atoms with E-state index in [0.29, 0.717) is 6.42 Å². The second-order valence-electron chi connectivity index (χ2n) is 5.77. The van der Waals surface area contributed by atoms with Gasteiger partial charge in [0.25, 0.3) is 0 Å². The van der Waals surface area contributed by atoms with E-state index in [2.05, 4.69) is 5.32 Å². The molecule has 0 saturated heterocycles. The highest BCUT2D eigenvalue weighted by Crippen LogP contribution is 2.38. The van der Waals surface area contributed by atoms with Gasteiger partial charge in [0.15, 0.2) is 0 Å². The third kappa shape index (κ3) is 4.37. The monoisotopic (exact) mass is 301 g/mol. The van der Waals surface area contributed by atoms with Gasteiger partial charge in [-0.25, -0.2) is 0 Å². The van der Waals surface area contributed by atoms with E-state index in [0.717, 1.165) is 17.7 Å². The molecule has 1 fully saturated rings. The molecule has 0 heterocycles. The number of ether oxygens (including phenoxy) is 1. The van der Waals surface area contributed by atoms with Crippen molar-refractivity contribution in [2.24, 2.45) is 5.92 Å². The van der Waals surface area contributed by atoms with Crippen LogP contribution in [0.25, 0.3) is 0 Å². The number of hydrogen-bond acceptors (Lipinski definition) is 2. The summed E-state index contributed by atoms with van der Waals surface area (Å²) in [6.07, 6.45) is -2.19. The Morgan fingerprint density at radius 1 is 1.29 bits per heavy atom. The van der Waals surface area contributed by atoms with Gasteiger partial charge >= 0.3 is 6.18 Å². The summed E-state index contributed by atoms with van der Waals surface area (Å²) in [6.45, 7) is 1.98. The smallest absolute Gasteiger partial charge is 0.391 e. The van der Waals surface area contributed by atoms with Crippen molar-refractivity contribution in [3.05, 3.63) is 29.8 Å². The Morgan fingerprint density at radius 3 is 2.71 bits per heavy atom. The van der Waals surface area contributed by atoms with Crippen LogP contribution in [0.5, 0.6) is 5.75 Å². The number of halogens is 3. The maximum absolute atomic E-state index is 12.8. The van der Waals surface area contributed by atoms with E-state index in [9.17, 15) is 13.2 Å². The molecule has 1 aliphatic carbocycles. The Labute approximate surface area is 123 Å². The molecule has 1 saturated carbocycles. The van der Waals surface area contributed by atoms with Crippen LogP contribution in [0.1, 0.15) is 44.2 Å². The second-order valence-corrected chi connectivity index (χ2v) is 5.77. The number of methoxy groups -OCH3 is 1. The molecular formula is C16H22F3NO. The Bertz CT molecular complexity index is 461. The molecule has 1 aliphatic rings. The second kappa shape index (κ2) is 6.69. The molecule has 1 aromatic carbocycles. The van der Waals surface area contributed by atoms with E-state index >= 15 is 0 Å². The third-order valence-corrected chi connectivity index (χ3v) is 4.22. The van der Waals surface area contributed by atoms with Gasteiger partial charge in [0.2, 0.25) is 0 Å². The summed E-state index contributed by atoms with van der Waals surface area (Å²) in [5.41, 5.74) is 1.03. The van der Waals surface area contributed by atoms with E-state index in [1.54, 1.807) is 7.11 Å². The molecule has 1 aromatic rings. The molecule has 0 radical (unpaired) electrons. The number of nitrogens with one attached hydrogen (secondary N) is 1. The summed E-state index contributed by atoms with van der Waals surface area (Å²) in [4.78, 5) is 0. The summed E-state index contributed by atoms with van der Waals surface area (Å²) >= 11 is 0. The van der Waals surface area contributed by atoms with Gasteiger partial charge in [-0.05, 0) is 43.9 Å². The van der Waals surface area contributed by atoms with Crippen molar-refractivity contribution in [2.75, 3.05) is 7.11 Å². The van der Waals surface area contributed by atoms with Crippen molar-refractivity contribution >= 4 is 0 Å². The highest BCUT2D eigenvalue weighted by molar-refractivity contribution is 5.30. The quantitative estimate of drug-likeness (QED) is 0.886. The molecule has 0 bridgehead atoms. The minimum Gasteiger partial charge on any atom is -0.497 e. The lowest BCUT2D eigenvalue weighted by molar-refractivity contribution is -0.183. The third-order valence-electron chi connectivity index (χ3n) is 4.22. The zero-order valence-corrected chi connectivity index (χ0v) is 12.4. The van der Waals surface area contributed by atoms with Gasteiger partial charge in [-0.2, -0.15) is 13.2 Å². The summed E-state index contributed by atoms with van der Waals surface area (Å²) in [5, 5.41) is 3.33. The first-order valence-corrected chi connectivity index (χ1v) is 7.37. The molecule has 0 amide bonds. The molecule has 2 rings (SSSR count). The first kappa shape index (κ1) is 16.1. The zero-order valence-electron chi connectivity index (χ0n) is 12.4. The van der Waals surface area contributed by atoms with Crippen LogP contribution in [0.3, 0.4) is 0 Å². The number of alkyl halides is 3. The van der Waals surface area contributed by atoms with Crippen LogP contribution < -0.4 is 10.1 Å². The van der Waals surface area contributed by atoms with E-state index in [1.165, 1.54) is 0 Å². The molecule has 118 valence electrons. The lowest BCUT2D eigenvalue weighted by atomic mass is 9.85. The van der Waals surface area contributed by atoms with Crippen LogP contribution in [0.15, 0.2) is 24.3 Å². The minimum absolute atomic E-state index is 0.0112. The maximum Gasteiger partial charge on any atom is 0.391 e. The van der Waals surface area contributed by atoms with E-state index < -0.39 is 12.1 Å². The van der Waals surface area contributed by atoms with Gasteiger partial charge in [0, 0.05) is 12.1 Å². The van der Waals surface area contributed by atoms with Crippen LogP contribution in [0, 0.1) is 5.92 Å². The molecule has 0 aromatic heterocycles. The van der Waals surface area contributed by atoms with Crippen molar-refractivity contribution in [3.63, 3.8) is 0 Å². The Morgan fingerprint density at radius 2 is 2.05 bits per heavy atom. The average Bonchev–Trinajstić information content (AvgIpc) is 2.46. The lowest BCUT2D eigenvalue weighted by Crippen LogP contribution is -2.39. The molecule has 3 atom stereocenters. The normalized spacial score (nSPS) is 24.6. The molecule has 0 spiro atoms. The van der Waals surface area contributed by atoms with Crippen molar-refractivity contribution in [1.82, 2.24) is 5.32 Å². The van der Waals surface area contributed by atoms with Crippen LogP contribution in [0.2, 0.25) is 0 Å². The summed E-state index contributed by atoms with van der Waals surface area (Å²) < 4.78 is 43.7. The number of benzene rings is 1. The molecule has 0 aliphatic heterocycles. The lowest BCUT2D eigenvalue weighted by Gasteiger charge is -2.33. The van der Waals surface area contributed by atoms with Gasteiger partial charge in [0.1, 0.15) is 5.75 Å². The molecule has 21 heavy (non-hydrogen) atoms. The van der Waals surface area contributed by atoms with Crippen molar-refractivity contribution in [1.29, 1.82) is 0 Å². The van der Waals surface area contributed by atoms with E-state index in [1.807, 2.05) is 31.2 Å². The number of rotatable bonds is 4. The van der Waals surface area contributed by atoms with Crippen LogP contribution >= 0.6 is 0 Å². The van der Waals surface area contributed by atoms with Gasteiger partial charge < -0.3 is 10.1 Å². The fraction of sp³-hybridized carbons (Fsp3) is 0.625.